The first-order chi connectivity index (χ1) is 17.4. The molecule has 3 aromatic rings. The molecule has 2 unspecified atom stereocenters. The number of nitrogens with one attached hydrogen (secondary N) is 1. The molecule has 1 fully saturated rings. The number of hydrazone groups is 1. The highest BCUT2D eigenvalue weighted by atomic mass is 16.5. The number of carbonyl (C=O) groups excluding carboxylic acids is 2. The van der Waals surface area contributed by atoms with Crippen molar-refractivity contribution in [1.82, 2.24) is 5.43 Å². The third-order valence-corrected chi connectivity index (χ3v) is 6.80. The molecule has 0 saturated heterocycles. The molecule has 5 heteroatoms. The van der Waals surface area contributed by atoms with Gasteiger partial charge in [0.15, 0.2) is 0 Å². The van der Waals surface area contributed by atoms with Gasteiger partial charge in [-0.15, -0.1) is 0 Å². The monoisotopic (exact) mass is 496 g/mol. The molecule has 0 spiro atoms. The van der Waals surface area contributed by atoms with E-state index in [-0.39, 0.29) is 28.6 Å². The number of amides is 1. The van der Waals surface area contributed by atoms with Gasteiger partial charge in [0.25, 0.3) is 0 Å². The molecular weight excluding hydrogens is 460 g/mol. The van der Waals surface area contributed by atoms with Gasteiger partial charge in [0, 0.05) is 5.92 Å². The minimum atomic E-state index is -0.402. The highest BCUT2D eigenvalue weighted by Crippen LogP contribution is 2.47. The van der Waals surface area contributed by atoms with E-state index < -0.39 is 5.97 Å². The summed E-state index contributed by atoms with van der Waals surface area (Å²) in [5.41, 5.74) is 7.75. The van der Waals surface area contributed by atoms with Crippen molar-refractivity contribution in [3.05, 3.63) is 101 Å². The Morgan fingerprint density at radius 2 is 1.35 bits per heavy atom. The van der Waals surface area contributed by atoms with E-state index in [0.717, 1.165) is 17.5 Å². The van der Waals surface area contributed by atoms with Crippen LogP contribution in [0.1, 0.15) is 86.5 Å². The topological polar surface area (TPSA) is 67.8 Å². The average Bonchev–Trinajstić information content (AvgIpc) is 3.65. The number of ether oxygens (including phenoxy) is 1. The number of nitrogens with zero attached hydrogens (tertiary/aromatic N) is 1. The fourth-order valence-electron chi connectivity index (χ4n) is 4.23. The first-order valence-corrected chi connectivity index (χ1v) is 12.8. The Balaban J connectivity index is 1.26. The van der Waals surface area contributed by atoms with Crippen LogP contribution < -0.4 is 10.2 Å². The largest absolute Gasteiger partial charge is 0.423 e. The van der Waals surface area contributed by atoms with E-state index in [1.165, 1.54) is 11.1 Å². The van der Waals surface area contributed by atoms with Crippen LogP contribution >= 0.6 is 0 Å². The molecule has 0 aromatic heterocycles. The second-order valence-electron chi connectivity index (χ2n) is 11.8. The standard InChI is InChI=1S/C32H36N2O3/c1-31(2,3)24-13-9-22(10-14-24)27-19-28(27)29(35)34-33-20-21-7-17-26(18-8-21)37-30(36)23-11-15-25(16-12-23)32(4,5)6/h7-18,20,27-28H,19H2,1-6H3,(H,34,35)/b33-20-. The lowest BCUT2D eigenvalue weighted by atomic mass is 9.86. The van der Waals surface area contributed by atoms with Gasteiger partial charge in [-0.1, -0.05) is 77.9 Å². The molecule has 192 valence electrons. The van der Waals surface area contributed by atoms with E-state index in [9.17, 15) is 9.59 Å². The molecule has 1 saturated carbocycles. The number of carbonyl (C=O) groups is 2. The summed E-state index contributed by atoms with van der Waals surface area (Å²) < 4.78 is 5.49. The van der Waals surface area contributed by atoms with Crippen LogP contribution in [0.15, 0.2) is 77.9 Å². The normalized spacial score (nSPS) is 17.5. The minimum absolute atomic E-state index is 0.0258. The summed E-state index contributed by atoms with van der Waals surface area (Å²) in [6.45, 7) is 13.0. The fraction of sp³-hybridized carbons (Fsp3) is 0.344. The van der Waals surface area contributed by atoms with Crippen molar-refractivity contribution in [2.24, 2.45) is 11.0 Å². The van der Waals surface area contributed by atoms with E-state index in [0.29, 0.717) is 11.3 Å². The van der Waals surface area contributed by atoms with Gasteiger partial charge in [0.2, 0.25) is 5.91 Å². The van der Waals surface area contributed by atoms with Crippen molar-refractivity contribution >= 4 is 18.1 Å². The van der Waals surface area contributed by atoms with Crippen molar-refractivity contribution < 1.29 is 14.3 Å². The summed E-state index contributed by atoms with van der Waals surface area (Å²) in [5.74, 6) is 0.189. The predicted octanol–water partition coefficient (Wildman–Crippen LogP) is 6.75. The van der Waals surface area contributed by atoms with Crippen LogP contribution in [-0.4, -0.2) is 18.1 Å². The maximum Gasteiger partial charge on any atom is 0.343 e. The third kappa shape index (κ3) is 6.73. The first-order valence-electron chi connectivity index (χ1n) is 12.8. The predicted molar refractivity (Wildman–Crippen MR) is 148 cm³/mol. The zero-order chi connectivity index (χ0) is 26.8. The Hall–Kier alpha value is -3.73. The Kier molecular flexibility index (Phi) is 7.35. The molecule has 1 aliphatic rings. The number of hydrogen-bond donors (Lipinski definition) is 1. The fourth-order valence-corrected chi connectivity index (χ4v) is 4.23. The van der Waals surface area contributed by atoms with Crippen LogP contribution in [0, 0.1) is 5.92 Å². The molecule has 1 aliphatic carbocycles. The summed E-state index contributed by atoms with van der Waals surface area (Å²) in [4.78, 5) is 25.0. The highest BCUT2D eigenvalue weighted by molar-refractivity contribution is 5.91. The molecule has 5 nitrogen and oxygen atoms in total. The molecule has 0 aliphatic heterocycles. The summed E-state index contributed by atoms with van der Waals surface area (Å²) in [7, 11) is 0. The van der Waals surface area contributed by atoms with E-state index in [4.69, 9.17) is 4.74 Å². The van der Waals surface area contributed by atoms with Crippen LogP contribution in [0.25, 0.3) is 0 Å². The maximum absolute atomic E-state index is 12.5. The summed E-state index contributed by atoms with van der Waals surface area (Å²) in [6.07, 6.45) is 2.43. The van der Waals surface area contributed by atoms with Gasteiger partial charge >= 0.3 is 5.97 Å². The molecule has 1 N–H and O–H groups in total. The van der Waals surface area contributed by atoms with Gasteiger partial charge in [0.05, 0.1) is 11.8 Å². The van der Waals surface area contributed by atoms with E-state index >= 15 is 0 Å². The third-order valence-electron chi connectivity index (χ3n) is 6.80. The van der Waals surface area contributed by atoms with Crippen LogP contribution in [-0.2, 0) is 15.6 Å². The molecule has 0 radical (unpaired) electrons. The van der Waals surface area contributed by atoms with Crippen LogP contribution in [0.5, 0.6) is 5.75 Å². The maximum atomic E-state index is 12.5. The lowest BCUT2D eigenvalue weighted by molar-refractivity contribution is -0.122. The van der Waals surface area contributed by atoms with Crippen molar-refractivity contribution in [3.63, 3.8) is 0 Å². The number of hydrogen-bond acceptors (Lipinski definition) is 4. The van der Waals surface area contributed by atoms with Gasteiger partial charge in [0.1, 0.15) is 5.75 Å². The van der Waals surface area contributed by atoms with Crippen molar-refractivity contribution in [2.75, 3.05) is 0 Å². The average molecular weight is 497 g/mol. The molecule has 37 heavy (non-hydrogen) atoms. The first kappa shape index (κ1) is 26.3. The number of rotatable bonds is 6. The summed E-state index contributed by atoms with van der Waals surface area (Å²) in [5, 5.41) is 4.11. The van der Waals surface area contributed by atoms with Gasteiger partial charge in [-0.2, -0.15) is 5.10 Å². The number of esters is 1. The summed E-state index contributed by atoms with van der Waals surface area (Å²) in [6, 6.07) is 23.1. The molecule has 4 rings (SSSR count). The Morgan fingerprint density at radius 1 is 0.811 bits per heavy atom. The lowest BCUT2D eigenvalue weighted by Crippen LogP contribution is -2.20. The summed E-state index contributed by atoms with van der Waals surface area (Å²) >= 11 is 0. The molecule has 0 bridgehead atoms. The lowest BCUT2D eigenvalue weighted by Gasteiger charge is -2.19. The second-order valence-corrected chi connectivity index (χ2v) is 11.8. The smallest absolute Gasteiger partial charge is 0.343 e. The van der Waals surface area contributed by atoms with Gasteiger partial charge < -0.3 is 4.74 Å². The number of benzene rings is 3. The zero-order valence-corrected chi connectivity index (χ0v) is 22.5. The Labute approximate surface area is 220 Å². The van der Waals surface area contributed by atoms with Crippen molar-refractivity contribution in [1.29, 1.82) is 0 Å². The molecule has 1 amide bonds. The van der Waals surface area contributed by atoms with Crippen LogP contribution in [0.3, 0.4) is 0 Å². The zero-order valence-electron chi connectivity index (χ0n) is 22.5. The van der Waals surface area contributed by atoms with Crippen LogP contribution in [0.2, 0.25) is 0 Å². The minimum Gasteiger partial charge on any atom is -0.423 e. The van der Waals surface area contributed by atoms with E-state index in [1.807, 2.05) is 12.1 Å². The van der Waals surface area contributed by atoms with E-state index in [1.54, 1.807) is 42.6 Å². The quantitative estimate of drug-likeness (QED) is 0.178. The Morgan fingerprint density at radius 3 is 1.89 bits per heavy atom. The van der Waals surface area contributed by atoms with Gasteiger partial charge in [-0.3, -0.25) is 4.79 Å². The highest BCUT2D eigenvalue weighted by Gasteiger charge is 2.44. The SMILES string of the molecule is CC(C)(C)c1ccc(C(=O)Oc2ccc(/C=N\NC(=O)C3CC3c3ccc(C(C)(C)C)cc3)cc2)cc1. The second kappa shape index (κ2) is 10.3. The molecule has 0 heterocycles. The Bertz CT molecular complexity index is 1280. The molecule has 2 atom stereocenters. The van der Waals surface area contributed by atoms with Crippen molar-refractivity contribution in [2.45, 2.75) is 64.7 Å². The van der Waals surface area contributed by atoms with Gasteiger partial charge in [-0.05, 0) is 81.8 Å². The van der Waals surface area contributed by atoms with E-state index in [2.05, 4.69) is 76.3 Å². The molecule has 3 aromatic carbocycles. The van der Waals surface area contributed by atoms with Gasteiger partial charge in [-0.25, -0.2) is 10.2 Å². The van der Waals surface area contributed by atoms with Crippen molar-refractivity contribution in [3.8, 4) is 5.75 Å². The van der Waals surface area contributed by atoms with Crippen LogP contribution in [0.4, 0.5) is 0 Å². The molecular formula is C32H36N2O3.